The Labute approximate surface area is 104 Å². The third-order valence-corrected chi connectivity index (χ3v) is 1.95. The van der Waals surface area contributed by atoms with Gasteiger partial charge in [-0.25, -0.2) is 4.98 Å². The highest BCUT2D eigenvalue weighted by molar-refractivity contribution is 5.95. The molecule has 0 aliphatic heterocycles. The Morgan fingerprint density at radius 3 is 3.06 bits per heavy atom. The van der Waals surface area contributed by atoms with Crippen molar-refractivity contribution in [3.63, 3.8) is 0 Å². The van der Waals surface area contributed by atoms with Gasteiger partial charge in [-0.3, -0.25) is 4.98 Å². The summed E-state index contributed by atoms with van der Waals surface area (Å²) in [5.74, 6) is 0.957. The van der Waals surface area contributed by atoms with Crippen molar-refractivity contribution < 1.29 is 4.42 Å². The first kappa shape index (κ1) is 11.7. The molecule has 0 bridgehead atoms. The zero-order valence-corrected chi connectivity index (χ0v) is 9.47. The molecule has 18 heavy (non-hydrogen) atoms. The van der Waals surface area contributed by atoms with Gasteiger partial charge in [-0.2, -0.15) is 5.10 Å². The van der Waals surface area contributed by atoms with E-state index in [-0.39, 0.29) is 5.84 Å². The average molecular weight is 241 g/mol. The summed E-state index contributed by atoms with van der Waals surface area (Å²) >= 11 is 0. The largest absolute Gasteiger partial charge is 0.465 e. The molecule has 0 fully saturated rings. The van der Waals surface area contributed by atoms with Crippen LogP contribution in [0, 0.1) is 0 Å². The van der Waals surface area contributed by atoms with Crippen molar-refractivity contribution in [2.75, 3.05) is 0 Å². The lowest BCUT2D eigenvalue weighted by Crippen LogP contribution is -2.14. The quantitative estimate of drug-likeness (QED) is 0.498. The molecule has 0 unspecified atom stereocenters. The van der Waals surface area contributed by atoms with Crippen LogP contribution in [-0.4, -0.2) is 22.0 Å². The van der Waals surface area contributed by atoms with Crippen molar-refractivity contribution in [3.8, 4) is 0 Å². The van der Waals surface area contributed by atoms with E-state index >= 15 is 0 Å². The van der Waals surface area contributed by atoms with Crippen LogP contribution in [0.25, 0.3) is 6.08 Å². The van der Waals surface area contributed by atoms with Crippen LogP contribution in [0.15, 0.2) is 57.7 Å². The summed E-state index contributed by atoms with van der Waals surface area (Å²) in [7, 11) is 0. The minimum absolute atomic E-state index is 0.214. The molecule has 2 N–H and O–H groups in total. The Balaban J connectivity index is 1.94. The monoisotopic (exact) mass is 241 g/mol. The highest BCUT2D eigenvalue weighted by Gasteiger charge is 1.96. The third kappa shape index (κ3) is 3.38. The van der Waals surface area contributed by atoms with Crippen molar-refractivity contribution >= 4 is 18.1 Å². The Hall–Kier alpha value is -2.76. The molecule has 6 heteroatoms. The predicted molar refractivity (Wildman–Crippen MR) is 69.0 cm³/mol. The van der Waals surface area contributed by atoms with Crippen LogP contribution in [0.1, 0.15) is 11.5 Å². The van der Waals surface area contributed by atoms with E-state index in [9.17, 15) is 0 Å². The third-order valence-electron chi connectivity index (χ3n) is 1.95. The van der Waals surface area contributed by atoms with Crippen LogP contribution >= 0.6 is 0 Å². The maximum atomic E-state index is 5.66. The van der Waals surface area contributed by atoms with Crippen LogP contribution in [0.2, 0.25) is 0 Å². The lowest BCUT2D eigenvalue weighted by Gasteiger charge is -1.94. The maximum absolute atomic E-state index is 5.66. The topological polar surface area (TPSA) is 89.7 Å². The molecular formula is C12H11N5O. The summed E-state index contributed by atoms with van der Waals surface area (Å²) in [5.41, 5.74) is 6.15. The van der Waals surface area contributed by atoms with E-state index < -0.39 is 0 Å². The van der Waals surface area contributed by atoms with E-state index in [0.29, 0.717) is 5.69 Å². The number of hydrogen-bond donors (Lipinski definition) is 1. The number of nitrogens with zero attached hydrogens (tertiary/aromatic N) is 4. The fourth-order valence-electron chi connectivity index (χ4n) is 1.14. The lowest BCUT2D eigenvalue weighted by molar-refractivity contribution is 0.557. The van der Waals surface area contributed by atoms with E-state index in [4.69, 9.17) is 10.2 Å². The summed E-state index contributed by atoms with van der Waals surface area (Å²) in [6.07, 6.45) is 11.2. The van der Waals surface area contributed by atoms with Gasteiger partial charge in [0.25, 0.3) is 0 Å². The Bertz CT molecular complexity index is 557. The van der Waals surface area contributed by atoms with E-state index in [1.165, 1.54) is 18.6 Å². The molecule has 0 amide bonds. The zero-order valence-electron chi connectivity index (χ0n) is 9.47. The van der Waals surface area contributed by atoms with Crippen LogP contribution in [0.4, 0.5) is 0 Å². The van der Waals surface area contributed by atoms with Crippen LogP contribution < -0.4 is 5.73 Å². The molecule has 6 nitrogen and oxygen atoms in total. The van der Waals surface area contributed by atoms with Crippen molar-refractivity contribution in [3.05, 3.63) is 54.5 Å². The second-order valence-corrected chi connectivity index (χ2v) is 3.21. The molecule has 0 aromatic carbocycles. The van der Waals surface area contributed by atoms with Gasteiger partial charge >= 0.3 is 0 Å². The number of allylic oxidation sites excluding steroid dienone is 1. The van der Waals surface area contributed by atoms with Gasteiger partial charge in [0, 0.05) is 18.6 Å². The first-order valence-corrected chi connectivity index (χ1v) is 5.19. The summed E-state index contributed by atoms with van der Waals surface area (Å²) in [6.45, 7) is 0. The van der Waals surface area contributed by atoms with Gasteiger partial charge in [0.15, 0.2) is 5.84 Å². The minimum atomic E-state index is 0.214. The summed E-state index contributed by atoms with van der Waals surface area (Å²) < 4.78 is 5.10. The van der Waals surface area contributed by atoms with E-state index in [1.807, 2.05) is 6.07 Å². The molecule has 2 aromatic heterocycles. The second-order valence-electron chi connectivity index (χ2n) is 3.21. The standard InChI is InChI=1S/C12H11N5O/c13-12(11-9-14-6-7-15-11)17-16-5-1-3-10-4-2-8-18-10/h1-9H,(H2,13,17)/b3-1+,16-5-. The molecule has 0 radical (unpaired) electrons. The molecule has 0 saturated carbocycles. The first-order chi connectivity index (χ1) is 8.86. The SMILES string of the molecule is N\C(=N/N=C\C=C\c1ccco1)c1cnccn1. The fourth-order valence-corrected chi connectivity index (χ4v) is 1.14. The van der Waals surface area contributed by atoms with Gasteiger partial charge in [-0.1, -0.05) is 0 Å². The number of aromatic nitrogens is 2. The molecule has 2 aromatic rings. The van der Waals surface area contributed by atoms with Crippen molar-refractivity contribution in [1.82, 2.24) is 9.97 Å². The summed E-state index contributed by atoms with van der Waals surface area (Å²) in [4.78, 5) is 7.88. The highest BCUT2D eigenvalue weighted by atomic mass is 16.3. The number of furan rings is 1. The predicted octanol–water partition coefficient (Wildman–Crippen LogP) is 1.47. The van der Waals surface area contributed by atoms with Gasteiger partial charge in [-0.15, -0.1) is 5.10 Å². The van der Waals surface area contributed by atoms with Crippen LogP contribution in [0.5, 0.6) is 0 Å². The van der Waals surface area contributed by atoms with Crippen LogP contribution in [0.3, 0.4) is 0 Å². The maximum Gasteiger partial charge on any atom is 0.173 e. The molecular weight excluding hydrogens is 230 g/mol. The Morgan fingerprint density at radius 2 is 2.33 bits per heavy atom. The number of hydrogen-bond acceptors (Lipinski definition) is 5. The van der Waals surface area contributed by atoms with Gasteiger partial charge in [-0.05, 0) is 24.3 Å². The van der Waals surface area contributed by atoms with Crippen molar-refractivity contribution in [2.45, 2.75) is 0 Å². The summed E-state index contributed by atoms with van der Waals surface area (Å²) in [5, 5.41) is 7.58. The van der Waals surface area contributed by atoms with E-state index in [2.05, 4.69) is 20.2 Å². The van der Waals surface area contributed by atoms with Crippen molar-refractivity contribution in [2.24, 2.45) is 15.9 Å². The Kier molecular flexibility index (Phi) is 3.97. The van der Waals surface area contributed by atoms with E-state index in [1.54, 1.807) is 30.7 Å². The number of amidine groups is 1. The normalized spacial score (nSPS) is 12.6. The highest BCUT2D eigenvalue weighted by Crippen LogP contribution is 2.00. The van der Waals surface area contributed by atoms with E-state index in [0.717, 1.165) is 5.76 Å². The minimum Gasteiger partial charge on any atom is -0.465 e. The molecule has 0 aliphatic rings. The van der Waals surface area contributed by atoms with Gasteiger partial charge in [0.1, 0.15) is 11.5 Å². The second kappa shape index (κ2) is 6.09. The smallest absolute Gasteiger partial charge is 0.173 e. The zero-order chi connectivity index (χ0) is 12.6. The molecule has 90 valence electrons. The lowest BCUT2D eigenvalue weighted by atomic mass is 10.4. The molecule has 0 atom stereocenters. The molecule has 2 rings (SSSR count). The molecule has 0 aliphatic carbocycles. The Morgan fingerprint density at radius 1 is 1.39 bits per heavy atom. The summed E-state index contributed by atoms with van der Waals surface area (Å²) in [6, 6.07) is 3.64. The molecule has 0 saturated heterocycles. The van der Waals surface area contributed by atoms with Gasteiger partial charge in [0.05, 0.1) is 12.5 Å². The number of nitrogens with two attached hydrogens (primary N) is 1. The van der Waals surface area contributed by atoms with Gasteiger partial charge in [0.2, 0.25) is 0 Å². The molecule has 2 heterocycles. The first-order valence-electron chi connectivity index (χ1n) is 5.19. The molecule has 0 spiro atoms. The van der Waals surface area contributed by atoms with Crippen molar-refractivity contribution in [1.29, 1.82) is 0 Å². The number of rotatable bonds is 4. The fraction of sp³-hybridized carbons (Fsp3) is 0. The van der Waals surface area contributed by atoms with Gasteiger partial charge < -0.3 is 10.2 Å². The average Bonchev–Trinajstić information content (AvgIpc) is 2.92. The van der Waals surface area contributed by atoms with Crippen LogP contribution in [-0.2, 0) is 0 Å².